The van der Waals surface area contributed by atoms with Crippen LogP contribution in [0.1, 0.15) is 0 Å². The minimum Gasteiger partial charge on any atom is -0.497 e. The van der Waals surface area contributed by atoms with Crippen molar-refractivity contribution in [2.45, 2.75) is 0 Å². The van der Waals surface area contributed by atoms with E-state index in [9.17, 15) is 0 Å². The van der Waals surface area contributed by atoms with Gasteiger partial charge in [0.25, 0.3) is 5.78 Å². The molecule has 3 heterocycles. The number of H-pyrrole nitrogens is 1. The summed E-state index contributed by atoms with van der Waals surface area (Å²) in [5.41, 5.74) is 4.93. The van der Waals surface area contributed by atoms with Gasteiger partial charge in [0, 0.05) is 11.1 Å². The Bertz CT molecular complexity index is 1370. The monoisotopic (exact) mass is 499 g/mol. The second-order valence-corrected chi connectivity index (χ2v) is 7.71. The van der Waals surface area contributed by atoms with Crippen LogP contribution in [0.3, 0.4) is 0 Å². The Hall–Kier alpha value is -2.72. The first kappa shape index (κ1) is 17.4. The van der Waals surface area contributed by atoms with Crippen LogP contribution in [0.15, 0.2) is 60.7 Å². The normalized spacial score (nSPS) is 11.4. The van der Waals surface area contributed by atoms with Crippen molar-refractivity contribution in [3.63, 3.8) is 0 Å². The predicted molar refractivity (Wildman–Crippen MR) is 119 cm³/mol. The molecule has 138 valence electrons. The number of nitrogens with zero attached hydrogens (tertiary/aromatic N) is 4. The zero-order chi connectivity index (χ0) is 19.3. The van der Waals surface area contributed by atoms with E-state index in [1.807, 2.05) is 63.5 Å². The number of methoxy groups -OCH3 is 1. The molecule has 28 heavy (non-hydrogen) atoms. The van der Waals surface area contributed by atoms with Gasteiger partial charge < -0.3 is 4.74 Å². The molecule has 5 aromatic rings. The molecule has 6 nitrogen and oxygen atoms in total. The maximum atomic E-state index is 5.52. The van der Waals surface area contributed by atoms with Gasteiger partial charge in [0.1, 0.15) is 5.75 Å². The van der Waals surface area contributed by atoms with Gasteiger partial charge in [0.15, 0.2) is 0 Å². The van der Waals surface area contributed by atoms with Gasteiger partial charge in [0.05, 0.1) is 27.6 Å². The summed E-state index contributed by atoms with van der Waals surface area (Å²) in [5.74, 6) is 1.45. The smallest absolute Gasteiger partial charge is 0.255 e. The molecule has 0 aliphatic heterocycles. The molecule has 0 bridgehead atoms. The van der Waals surface area contributed by atoms with Gasteiger partial charge >= 0.3 is 0 Å². The average Bonchev–Trinajstić information content (AvgIpc) is 3.34. The van der Waals surface area contributed by atoms with Crippen LogP contribution >= 0.6 is 34.8 Å². The molecule has 1 N–H and O–H groups in total. The van der Waals surface area contributed by atoms with E-state index >= 15 is 0 Å². The highest BCUT2D eigenvalue weighted by molar-refractivity contribution is 14.1. The van der Waals surface area contributed by atoms with Gasteiger partial charge in [-0.25, -0.2) is 5.10 Å². The number of fused-ring (bicyclic) bond motifs is 3. The van der Waals surface area contributed by atoms with Crippen LogP contribution in [0.25, 0.3) is 33.8 Å². The van der Waals surface area contributed by atoms with E-state index in [2.05, 4.69) is 38.9 Å². The van der Waals surface area contributed by atoms with Crippen LogP contribution in [0, 0.1) is 8.34 Å². The minimum atomic E-state index is 0.525. The molecule has 0 unspecified atom stereocenters. The van der Waals surface area contributed by atoms with Crippen LogP contribution in [0.2, 0.25) is 0 Å². The number of nitrogens with one attached hydrogen (secondary N) is 1. The van der Waals surface area contributed by atoms with E-state index in [0.717, 1.165) is 37.4 Å². The first-order valence-corrected chi connectivity index (χ1v) is 10.0. The Morgan fingerprint density at radius 2 is 1.79 bits per heavy atom. The van der Waals surface area contributed by atoms with Crippen molar-refractivity contribution in [3.05, 3.63) is 69.0 Å². The Morgan fingerprint density at radius 3 is 2.50 bits per heavy atom. The largest absolute Gasteiger partial charge is 0.497 e. The average molecular weight is 499 g/mol. The molecule has 0 aliphatic rings. The molecule has 0 spiro atoms. The fourth-order valence-electron chi connectivity index (χ4n) is 3.30. The molecule has 0 atom stereocenters. The summed E-state index contributed by atoms with van der Waals surface area (Å²) >= 11 is 7.88. The molecular formula is C20H14IN5OS. The van der Waals surface area contributed by atoms with Crippen LogP contribution in [0.5, 0.6) is 5.75 Å². The van der Waals surface area contributed by atoms with E-state index in [0.29, 0.717) is 10.5 Å². The molecule has 0 fully saturated rings. The van der Waals surface area contributed by atoms with Gasteiger partial charge in [-0.3, -0.25) is 4.40 Å². The number of rotatable bonds is 3. The van der Waals surface area contributed by atoms with E-state index in [4.69, 9.17) is 22.1 Å². The number of halogens is 1. The van der Waals surface area contributed by atoms with E-state index in [1.165, 1.54) is 0 Å². The van der Waals surface area contributed by atoms with Crippen molar-refractivity contribution in [1.29, 1.82) is 0 Å². The van der Waals surface area contributed by atoms with Gasteiger partial charge in [-0.1, -0.05) is 30.3 Å². The third-order valence-corrected chi connectivity index (χ3v) is 5.98. The highest BCUT2D eigenvalue weighted by Crippen LogP contribution is 2.33. The second-order valence-electron chi connectivity index (χ2n) is 6.25. The number of benzene rings is 2. The van der Waals surface area contributed by atoms with Crippen molar-refractivity contribution in [3.8, 4) is 28.3 Å². The maximum absolute atomic E-state index is 5.52. The molecule has 5 rings (SSSR count). The van der Waals surface area contributed by atoms with Crippen molar-refractivity contribution >= 4 is 46.1 Å². The molecule has 0 aliphatic carbocycles. The second kappa shape index (κ2) is 6.71. The van der Waals surface area contributed by atoms with Gasteiger partial charge in [0.2, 0.25) is 4.77 Å². The van der Waals surface area contributed by atoms with E-state index in [1.54, 1.807) is 7.11 Å². The van der Waals surface area contributed by atoms with Crippen molar-refractivity contribution < 1.29 is 4.74 Å². The lowest BCUT2D eigenvalue weighted by Crippen LogP contribution is -2.04. The zero-order valence-electron chi connectivity index (χ0n) is 14.8. The molecule has 0 saturated carbocycles. The number of aromatic nitrogens is 5. The molecule has 3 aromatic heterocycles. The zero-order valence-corrected chi connectivity index (χ0v) is 17.7. The Balaban J connectivity index is 1.85. The lowest BCUT2D eigenvalue weighted by Gasteiger charge is -2.11. The SMILES string of the molecule is COc1ccc(-c2c(I)c3cc(-c4ccccc4)nn3c3n[nH]c(=S)n23)cc1. The standard InChI is InChI=1S/C20H14IN5OS/c1-27-14-9-7-13(8-10-14)18-17(21)16-11-15(12-5-3-2-4-6-12)24-26(16)19-22-23-20(28)25(18)19/h2-11H,1H3,(H,23,28). The van der Waals surface area contributed by atoms with E-state index < -0.39 is 0 Å². The Morgan fingerprint density at radius 1 is 1.04 bits per heavy atom. The van der Waals surface area contributed by atoms with Gasteiger partial charge in [-0.15, -0.1) is 5.10 Å². The Kier molecular flexibility index (Phi) is 4.17. The van der Waals surface area contributed by atoms with Crippen LogP contribution in [-0.4, -0.2) is 31.3 Å². The molecule has 2 aromatic carbocycles. The summed E-state index contributed by atoms with van der Waals surface area (Å²) in [6.45, 7) is 0. The number of aromatic amines is 1. The summed E-state index contributed by atoms with van der Waals surface area (Å²) in [5, 5.41) is 12.1. The van der Waals surface area contributed by atoms with Crippen LogP contribution in [-0.2, 0) is 0 Å². The summed E-state index contributed by atoms with van der Waals surface area (Å²) in [4.78, 5) is 0. The maximum Gasteiger partial charge on any atom is 0.255 e. The lowest BCUT2D eigenvalue weighted by atomic mass is 10.1. The first-order chi connectivity index (χ1) is 13.7. The summed E-state index contributed by atoms with van der Waals surface area (Å²) in [6.07, 6.45) is 0. The topological polar surface area (TPSA) is 59.6 Å². The third kappa shape index (κ3) is 2.63. The van der Waals surface area contributed by atoms with Crippen molar-refractivity contribution in [2.24, 2.45) is 0 Å². The van der Waals surface area contributed by atoms with Gasteiger partial charge in [-0.05, 0) is 65.1 Å². The first-order valence-electron chi connectivity index (χ1n) is 8.55. The predicted octanol–water partition coefficient (Wildman–Crippen LogP) is 4.99. The molecule has 8 heteroatoms. The quantitative estimate of drug-likeness (QED) is 0.281. The minimum absolute atomic E-state index is 0.525. The lowest BCUT2D eigenvalue weighted by molar-refractivity contribution is 0.415. The third-order valence-electron chi connectivity index (χ3n) is 4.64. The fourth-order valence-corrected chi connectivity index (χ4v) is 4.45. The van der Waals surface area contributed by atoms with E-state index in [-0.39, 0.29) is 0 Å². The highest BCUT2D eigenvalue weighted by atomic mass is 127. The number of hydrogen-bond donors (Lipinski definition) is 1. The Labute approximate surface area is 178 Å². The number of hydrogen-bond acceptors (Lipinski definition) is 4. The summed E-state index contributed by atoms with van der Waals surface area (Å²) < 4.78 is 10.6. The summed E-state index contributed by atoms with van der Waals surface area (Å²) in [6, 6.07) is 20.1. The number of ether oxygens (including phenoxy) is 1. The molecular weight excluding hydrogens is 485 g/mol. The summed E-state index contributed by atoms with van der Waals surface area (Å²) in [7, 11) is 1.66. The van der Waals surface area contributed by atoms with Crippen LogP contribution < -0.4 is 4.74 Å². The molecule has 0 radical (unpaired) electrons. The molecule has 0 saturated heterocycles. The van der Waals surface area contributed by atoms with Crippen molar-refractivity contribution in [2.75, 3.05) is 7.11 Å². The van der Waals surface area contributed by atoms with Gasteiger partial charge in [-0.2, -0.15) is 9.61 Å². The van der Waals surface area contributed by atoms with Crippen molar-refractivity contribution in [1.82, 2.24) is 24.2 Å². The highest BCUT2D eigenvalue weighted by Gasteiger charge is 2.19. The van der Waals surface area contributed by atoms with Crippen LogP contribution in [0.4, 0.5) is 0 Å². The fraction of sp³-hybridized carbons (Fsp3) is 0.0500. The molecule has 0 amide bonds.